The summed E-state index contributed by atoms with van der Waals surface area (Å²) in [5.74, 6) is -0.178. The molecule has 0 bridgehead atoms. The van der Waals surface area contributed by atoms with E-state index >= 15 is 0 Å². The lowest BCUT2D eigenvalue weighted by molar-refractivity contribution is -0.120. The number of halogens is 1. The number of pyridine rings is 1. The number of nitrogens with zero attached hydrogens (tertiary/aromatic N) is 1. The van der Waals surface area contributed by atoms with Crippen molar-refractivity contribution >= 4 is 33.4 Å². The van der Waals surface area contributed by atoms with Crippen molar-refractivity contribution in [1.29, 1.82) is 0 Å². The Bertz CT molecular complexity index is 727. The zero-order chi connectivity index (χ0) is 16.2. The summed E-state index contributed by atoms with van der Waals surface area (Å²) in [6, 6.07) is 9.37. The molecule has 118 valence electrons. The number of hydrogen-bond acceptors (Lipinski definition) is 3. The Morgan fingerprint density at radius 1 is 1.17 bits per heavy atom. The summed E-state index contributed by atoms with van der Waals surface area (Å²) in [4.78, 5) is 27.8. The summed E-state index contributed by atoms with van der Waals surface area (Å²) in [5.41, 5.74) is 2.08. The second kappa shape index (κ2) is 6.91. The van der Waals surface area contributed by atoms with E-state index in [9.17, 15) is 9.59 Å². The zero-order valence-electron chi connectivity index (χ0n) is 12.4. The van der Waals surface area contributed by atoms with Gasteiger partial charge < -0.3 is 10.6 Å². The fourth-order valence-corrected chi connectivity index (χ4v) is 2.50. The predicted molar refractivity (Wildman–Crippen MR) is 91.2 cm³/mol. The summed E-state index contributed by atoms with van der Waals surface area (Å²) in [6.07, 6.45) is 5.66. The maximum atomic E-state index is 12.1. The third-order valence-corrected chi connectivity index (χ3v) is 3.92. The number of aromatic nitrogens is 1. The van der Waals surface area contributed by atoms with Gasteiger partial charge in [-0.25, -0.2) is 0 Å². The Kier molecular flexibility index (Phi) is 4.71. The van der Waals surface area contributed by atoms with Crippen molar-refractivity contribution in [1.82, 2.24) is 10.3 Å². The topological polar surface area (TPSA) is 71.1 Å². The lowest BCUT2D eigenvalue weighted by Gasteiger charge is -2.07. The van der Waals surface area contributed by atoms with Crippen molar-refractivity contribution in [3.63, 3.8) is 0 Å². The molecule has 1 aromatic heterocycles. The van der Waals surface area contributed by atoms with Gasteiger partial charge in [-0.3, -0.25) is 14.6 Å². The first kappa shape index (κ1) is 15.7. The molecule has 1 heterocycles. The zero-order valence-corrected chi connectivity index (χ0v) is 14.0. The maximum Gasteiger partial charge on any atom is 0.257 e. The van der Waals surface area contributed by atoms with Crippen LogP contribution in [-0.2, 0) is 11.2 Å². The molecule has 1 saturated carbocycles. The molecule has 1 fully saturated rings. The number of nitrogens with one attached hydrogen (secondary N) is 2. The van der Waals surface area contributed by atoms with Crippen LogP contribution in [0, 0.1) is 0 Å². The monoisotopic (exact) mass is 373 g/mol. The first-order chi connectivity index (χ1) is 11.1. The molecule has 3 rings (SSSR count). The SMILES string of the molecule is O=C(Cc1ccc(NC(=O)c2cncc(Br)c2)cc1)NC1CC1. The quantitative estimate of drug-likeness (QED) is 0.846. The molecule has 0 atom stereocenters. The van der Waals surface area contributed by atoms with E-state index in [4.69, 9.17) is 0 Å². The van der Waals surface area contributed by atoms with Gasteiger partial charge >= 0.3 is 0 Å². The Morgan fingerprint density at radius 2 is 1.91 bits per heavy atom. The van der Waals surface area contributed by atoms with Crippen LogP contribution in [0.25, 0.3) is 0 Å². The standard InChI is InChI=1S/C17H16BrN3O2/c18-13-8-12(9-19-10-13)17(23)21-15-3-1-11(2-4-15)7-16(22)20-14-5-6-14/h1-4,8-10,14H,5-7H2,(H,20,22)(H,21,23). The van der Waals surface area contributed by atoms with Crippen molar-refractivity contribution in [2.24, 2.45) is 0 Å². The normalized spacial score (nSPS) is 13.4. The average molecular weight is 374 g/mol. The summed E-state index contributed by atoms with van der Waals surface area (Å²) in [6.45, 7) is 0. The van der Waals surface area contributed by atoms with Gasteiger partial charge in [0.2, 0.25) is 5.91 Å². The van der Waals surface area contributed by atoms with Gasteiger partial charge in [0, 0.05) is 28.6 Å². The van der Waals surface area contributed by atoms with E-state index in [0.717, 1.165) is 22.9 Å². The Balaban J connectivity index is 1.58. The van der Waals surface area contributed by atoms with Gasteiger partial charge in [0.05, 0.1) is 12.0 Å². The molecule has 5 nitrogen and oxygen atoms in total. The third kappa shape index (κ3) is 4.63. The fraction of sp³-hybridized carbons (Fsp3) is 0.235. The largest absolute Gasteiger partial charge is 0.353 e. The van der Waals surface area contributed by atoms with Crippen LogP contribution in [0.1, 0.15) is 28.8 Å². The van der Waals surface area contributed by atoms with E-state index in [-0.39, 0.29) is 11.8 Å². The number of hydrogen-bond donors (Lipinski definition) is 2. The van der Waals surface area contributed by atoms with Gasteiger partial charge in [-0.05, 0) is 52.5 Å². The van der Waals surface area contributed by atoms with Gasteiger partial charge in [0.15, 0.2) is 0 Å². The van der Waals surface area contributed by atoms with E-state index in [1.165, 1.54) is 6.20 Å². The van der Waals surface area contributed by atoms with Crippen molar-refractivity contribution in [2.45, 2.75) is 25.3 Å². The van der Waals surface area contributed by atoms with Gasteiger partial charge in [0.1, 0.15) is 0 Å². The summed E-state index contributed by atoms with van der Waals surface area (Å²) in [5, 5.41) is 5.76. The van der Waals surface area contributed by atoms with Crippen molar-refractivity contribution in [2.75, 3.05) is 5.32 Å². The molecule has 6 heteroatoms. The molecule has 23 heavy (non-hydrogen) atoms. The summed E-state index contributed by atoms with van der Waals surface area (Å²) < 4.78 is 0.752. The maximum absolute atomic E-state index is 12.1. The molecule has 0 spiro atoms. The van der Waals surface area contributed by atoms with Crippen molar-refractivity contribution in [3.8, 4) is 0 Å². The smallest absolute Gasteiger partial charge is 0.257 e. The minimum Gasteiger partial charge on any atom is -0.353 e. The highest BCUT2D eigenvalue weighted by molar-refractivity contribution is 9.10. The number of rotatable bonds is 5. The molecule has 1 aromatic carbocycles. The van der Waals surface area contributed by atoms with E-state index in [1.807, 2.05) is 12.1 Å². The van der Waals surface area contributed by atoms with Gasteiger partial charge in [-0.1, -0.05) is 12.1 Å². The molecule has 2 N–H and O–H groups in total. The second-order valence-electron chi connectivity index (χ2n) is 5.56. The minimum atomic E-state index is -0.224. The van der Waals surface area contributed by atoms with E-state index in [2.05, 4.69) is 31.5 Å². The van der Waals surface area contributed by atoms with Crippen LogP contribution in [0.5, 0.6) is 0 Å². The number of amides is 2. The molecule has 0 aliphatic heterocycles. The molecule has 0 unspecified atom stereocenters. The first-order valence-corrected chi connectivity index (χ1v) is 8.19. The Labute approximate surface area is 142 Å². The average Bonchev–Trinajstić information content (AvgIpc) is 3.33. The lowest BCUT2D eigenvalue weighted by Crippen LogP contribution is -2.26. The molecule has 1 aliphatic rings. The summed E-state index contributed by atoms with van der Waals surface area (Å²) in [7, 11) is 0. The lowest BCUT2D eigenvalue weighted by atomic mass is 10.1. The number of benzene rings is 1. The van der Waals surface area contributed by atoms with Crippen LogP contribution in [0.15, 0.2) is 47.2 Å². The molecule has 0 radical (unpaired) electrons. The van der Waals surface area contributed by atoms with E-state index in [0.29, 0.717) is 23.7 Å². The van der Waals surface area contributed by atoms with Crippen LogP contribution in [0.4, 0.5) is 5.69 Å². The molecular formula is C17H16BrN3O2. The van der Waals surface area contributed by atoms with Crippen LogP contribution >= 0.6 is 15.9 Å². The number of carbonyl (C=O) groups is 2. The van der Waals surface area contributed by atoms with E-state index in [1.54, 1.807) is 24.4 Å². The molecule has 2 amide bonds. The van der Waals surface area contributed by atoms with Crippen LogP contribution in [0.3, 0.4) is 0 Å². The van der Waals surface area contributed by atoms with Crippen molar-refractivity contribution in [3.05, 3.63) is 58.3 Å². The van der Waals surface area contributed by atoms with Crippen LogP contribution < -0.4 is 10.6 Å². The molecule has 2 aromatic rings. The van der Waals surface area contributed by atoms with E-state index < -0.39 is 0 Å². The fourth-order valence-electron chi connectivity index (χ4n) is 2.14. The van der Waals surface area contributed by atoms with Gasteiger partial charge in [0.25, 0.3) is 5.91 Å². The highest BCUT2D eigenvalue weighted by atomic mass is 79.9. The van der Waals surface area contributed by atoms with Gasteiger partial charge in [-0.15, -0.1) is 0 Å². The van der Waals surface area contributed by atoms with Crippen molar-refractivity contribution < 1.29 is 9.59 Å². The minimum absolute atomic E-state index is 0.0458. The number of carbonyl (C=O) groups excluding carboxylic acids is 2. The molecule has 0 saturated heterocycles. The Hall–Kier alpha value is -2.21. The highest BCUT2D eigenvalue weighted by Crippen LogP contribution is 2.19. The first-order valence-electron chi connectivity index (χ1n) is 7.40. The second-order valence-corrected chi connectivity index (χ2v) is 6.48. The summed E-state index contributed by atoms with van der Waals surface area (Å²) >= 11 is 3.29. The third-order valence-electron chi connectivity index (χ3n) is 3.49. The Morgan fingerprint density at radius 3 is 2.57 bits per heavy atom. The molecule has 1 aliphatic carbocycles. The van der Waals surface area contributed by atoms with Crippen LogP contribution in [-0.4, -0.2) is 22.8 Å². The predicted octanol–water partition coefficient (Wildman–Crippen LogP) is 2.92. The number of anilines is 1. The molecular weight excluding hydrogens is 358 g/mol. The van der Waals surface area contributed by atoms with Gasteiger partial charge in [-0.2, -0.15) is 0 Å². The highest BCUT2D eigenvalue weighted by Gasteiger charge is 2.23. The van der Waals surface area contributed by atoms with Crippen LogP contribution in [0.2, 0.25) is 0 Å².